The first-order valence-electron chi connectivity index (χ1n) is 8.87. The quantitative estimate of drug-likeness (QED) is 0.618. The Kier molecular flexibility index (Phi) is 4.82. The molecule has 0 fully saturated rings. The number of hydrogen-bond donors (Lipinski definition) is 1. The molecule has 0 radical (unpaired) electrons. The molecule has 1 aliphatic rings. The number of benzene rings is 3. The fourth-order valence-electron chi connectivity index (χ4n) is 3.52. The van der Waals surface area contributed by atoms with Gasteiger partial charge in [0.15, 0.2) is 5.78 Å². The molecule has 0 aliphatic heterocycles. The normalized spacial score (nSPS) is 12.7. The number of Topliss-reactive ketones (excluding diaryl/α,β-unsaturated/α-hetero) is 1. The van der Waals surface area contributed by atoms with Crippen molar-refractivity contribution in [1.29, 1.82) is 0 Å². The van der Waals surface area contributed by atoms with Crippen molar-refractivity contribution < 1.29 is 9.59 Å². The molecule has 0 spiro atoms. The predicted octanol–water partition coefficient (Wildman–Crippen LogP) is 5.46. The third kappa shape index (κ3) is 3.40. The zero-order chi connectivity index (χ0) is 18.8. The van der Waals surface area contributed by atoms with Gasteiger partial charge in [0.1, 0.15) is 0 Å². The van der Waals surface area contributed by atoms with Crippen molar-refractivity contribution in [3.63, 3.8) is 0 Å². The molecule has 134 valence electrons. The summed E-state index contributed by atoms with van der Waals surface area (Å²) < 4.78 is 0. The fraction of sp³-hybridized carbons (Fsp3) is 0.130. The van der Waals surface area contributed by atoms with E-state index in [1.54, 1.807) is 11.8 Å². The highest BCUT2D eigenvalue weighted by Gasteiger charge is 2.27. The maximum atomic E-state index is 12.6. The summed E-state index contributed by atoms with van der Waals surface area (Å²) in [7, 11) is 0. The van der Waals surface area contributed by atoms with Crippen LogP contribution in [0.3, 0.4) is 0 Å². The maximum Gasteiger partial charge on any atom is 0.255 e. The molecule has 4 rings (SSSR count). The van der Waals surface area contributed by atoms with Crippen LogP contribution in [0.25, 0.3) is 11.1 Å². The lowest BCUT2D eigenvalue weighted by molar-refractivity contribution is 0.0995. The average molecular weight is 373 g/mol. The Morgan fingerprint density at radius 1 is 0.926 bits per heavy atom. The van der Waals surface area contributed by atoms with E-state index in [2.05, 4.69) is 5.32 Å². The van der Waals surface area contributed by atoms with Gasteiger partial charge in [0, 0.05) is 22.4 Å². The van der Waals surface area contributed by atoms with Gasteiger partial charge in [-0.1, -0.05) is 36.4 Å². The summed E-state index contributed by atoms with van der Waals surface area (Å²) in [6.07, 6.45) is 3.20. The number of nitrogens with one attached hydrogen (secondary N) is 1. The number of anilines is 1. The highest BCUT2D eigenvalue weighted by atomic mass is 32.2. The molecular weight excluding hydrogens is 354 g/mol. The zero-order valence-corrected chi connectivity index (χ0v) is 15.8. The van der Waals surface area contributed by atoms with Crippen LogP contribution in [-0.2, 0) is 6.42 Å². The molecule has 0 heterocycles. The minimum Gasteiger partial charge on any atom is -0.321 e. The highest BCUT2D eigenvalue weighted by Crippen LogP contribution is 2.37. The van der Waals surface area contributed by atoms with E-state index in [-0.39, 0.29) is 11.7 Å². The second-order valence-corrected chi connectivity index (χ2v) is 7.37. The summed E-state index contributed by atoms with van der Waals surface area (Å²) in [5.41, 5.74) is 5.03. The first-order valence-corrected chi connectivity index (χ1v) is 10.1. The molecule has 3 aromatic carbocycles. The fourth-order valence-corrected chi connectivity index (χ4v) is 3.93. The molecule has 0 unspecified atom stereocenters. The van der Waals surface area contributed by atoms with Crippen molar-refractivity contribution in [3.8, 4) is 11.1 Å². The van der Waals surface area contributed by atoms with Gasteiger partial charge in [-0.2, -0.15) is 0 Å². The van der Waals surface area contributed by atoms with E-state index in [0.29, 0.717) is 29.7 Å². The van der Waals surface area contributed by atoms with Crippen molar-refractivity contribution >= 4 is 29.1 Å². The van der Waals surface area contributed by atoms with Gasteiger partial charge in [0.25, 0.3) is 5.91 Å². The van der Waals surface area contributed by atoms with Gasteiger partial charge < -0.3 is 5.32 Å². The minimum atomic E-state index is -0.197. The maximum absolute atomic E-state index is 12.6. The topological polar surface area (TPSA) is 46.2 Å². The monoisotopic (exact) mass is 373 g/mol. The second-order valence-electron chi connectivity index (χ2n) is 6.49. The van der Waals surface area contributed by atoms with Crippen LogP contribution in [0.15, 0.2) is 71.6 Å². The van der Waals surface area contributed by atoms with Crippen LogP contribution in [0.1, 0.15) is 32.7 Å². The van der Waals surface area contributed by atoms with Gasteiger partial charge in [0.05, 0.1) is 5.69 Å². The van der Waals surface area contributed by atoms with Crippen molar-refractivity contribution in [1.82, 2.24) is 0 Å². The van der Waals surface area contributed by atoms with Crippen molar-refractivity contribution in [2.45, 2.75) is 17.7 Å². The van der Waals surface area contributed by atoms with Gasteiger partial charge in [-0.3, -0.25) is 9.59 Å². The van der Waals surface area contributed by atoms with E-state index < -0.39 is 0 Å². The summed E-state index contributed by atoms with van der Waals surface area (Å²) in [6.45, 7) is 0. The largest absolute Gasteiger partial charge is 0.321 e. The minimum absolute atomic E-state index is 0.0933. The van der Waals surface area contributed by atoms with Crippen LogP contribution in [0.4, 0.5) is 5.69 Å². The second kappa shape index (κ2) is 7.41. The third-order valence-corrected chi connectivity index (χ3v) is 5.62. The summed E-state index contributed by atoms with van der Waals surface area (Å²) in [5, 5.41) is 2.94. The number of amides is 1. The van der Waals surface area contributed by atoms with E-state index in [0.717, 1.165) is 21.6 Å². The van der Waals surface area contributed by atoms with Crippen LogP contribution in [0.2, 0.25) is 0 Å². The van der Waals surface area contributed by atoms with Crippen LogP contribution in [-0.4, -0.2) is 17.9 Å². The van der Waals surface area contributed by atoms with Crippen LogP contribution >= 0.6 is 11.8 Å². The summed E-state index contributed by atoms with van der Waals surface area (Å²) in [5.74, 6) is -0.104. The Morgan fingerprint density at radius 2 is 1.67 bits per heavy atom. The van der Waals surface area contributed by atoms with Crippen molar-refractivity contribution in [3.05, 3.63) is 83.4 Å². The number of thioether (sulfide) groups is 1. The Morgan fingerprint density at radius 3 is 2.37 bits per heavy atom. The molecule has 3 aromatic rings. The van der Waals surface area contributed by atoms with E-state index in [9.17, 15) is 9.59 Å². The van der Waals surface area contributed by atoms with Gasteiger partial charge in [0.2, 0.25) is 0 Å². The molecule has 3 nitrogen and oxygen atoms in total. The first-order chi connectivity index (χ1) is 13.2. The number of carbonyl (C=O) groups is 2. The van der Waals surface area contributed by atoms with Gasteiger partial charge in [-0.05, 0) is 59.7 Å². The molecule has 1 aliphatic carbocycles. The van der Waals surface area contributed by atoms with E-state index in [1.165, 1.54) is 0 Å². The highest BCUT2D eigenvalue weighted by molar-refractivity contribution is 7.98. The molecule has 27 heavy (non-hydrogen) atoms. The standard InChI is InChI=1S/C23H19NO2S/c1-27-17-9-7-16(8-10-17)23(26)24-20-13-11-18(15-5-3-2-4-6-15)19-12-14-21(25)22(19)20/h2-11,13H,12,14H2,1H3,(H,24,26). The van der Waals surface area contributed by atoms with Crippen molar-refractivity contribution in [2.75, 3.05) is 11.6 Å². The lowest BCUT2D eigenvalue weighted by atomic mass is 9.95. The van der Waals surface area contributed by atoms with Crippen molar-refractivity contribution in [2.24, 2.45) is 0 Å². The van der Waals surface area contributed by atoms with E-state index in [1.807, 2.05) is 73.0 Å². The summed E-state index contributed by atoms with van der Waals surface area (Å²) in [6, 6.07) is 21.4. The SMILES string of the molecule is CSc1ccc(C(=O)Nc2ccc(-c3ccccc3)c3c2C(=O)CC3)cc1. The number of hydrogen-bond acceptors (Lipinski definition) is 3. The van der Waals surface area contributed by atoms with Crippen LogP contribution < -0.4 is 5.32 Å². The Labute approximate surface area is 162 Å². The molecule has 0 saturated carbocycles. The summed E-state index contributed by atoms with van der Waals surface area (Å²) >= 11 is 1.63. The lowest BCUT2D eigenvalue weighted by Gasteiger charge is -2.14. The Bertz CT molecular complexity index is 1010. The lowest BCUT2D eigenvalue weighted by Crippen LogP contribution is -2.14. The number of fused-ring (bicyclic) bond motifs is 1. The van der Waals surface area contributed by atoms with Gasteiger partial charge in [-0.25, -0.2) is 0 Å². The van der Waals surface area contributed by atoms with Crippen LogP contribution in [0, 0.1) is 0 Å². The predicted molar refractivity (Wildman–Crippen MR) is 111 cm³/mol. The Hall–Kier alpha value is -2.85. The number of ketones is 1. The molecule has 4 heteroatoms. The number of rotatable bonds is 4. The third-order valence-electron chi connectivity index (χ3n) is 4.88. The van der Waals surface area contributed by atoms with Gasteiger partial charge >= 0.3 is 0 Å². The smallest absolute Gasteiger partial charge is 0.255 e. The first kappa shape index (κ1) is 17.6. The molecule has 1 N–H and O–H groups in total. The zero-order valence-electron chi connectivity index (χ0n) is 15.0. The molecule has 0 bridgehead atoms. The average Bonchev–Trinajstić information content (AvgIpc) is 3.11. The molecule has 0 atom stereocenters. The van der Waals surface area contributed by atoms with Crippen LogP contribution in [0.5, 0.6) is 0 Å². The molecule has 1 amide bonds. The van der Waals surface area contributed by atoms with E-state index >= 15 is 0 Å². The summed E-state index contributed by atoms with van der Waals surface area (Å²) in [4.78, 5) is 26.3. The molecule has 0 saturated heterocycles. The number of carbonyl (C=O) groups excluding carboxylic acids is 2. The molecular formula is C23H19NO2S. The van der Waals surface area contributed by atoms with Gasteiger partial charge in [-0.15, -0.1) is 11.8 Å². The molecule has 0 aromatic heterocycles. The Balaban J connectivity index is 1.68. The van der Waals surface area contributed by atoms with E-state index in [4.69, 9.17) is 0 Å².